The smallest absolute Gasteiger partial charge is 0.335 e. The van der Waals surface area contributed by atoms with Gasteiger partial charge in [0.2, 0.25) is 0 Å². The van der Waals surface area contributed by atoms with Gasteiger partial charge in [-0.15, -0.1) is 0 Å². The molecule has 0 unspecified atom stereocenters. The number of halogens is 1. The minimum absolute atomic E-state index is 0.00944. The minimum Gasteiger partial charge on any atom is -0.478 e. The zero-order valence-electron chi connectivity index (χ0n) is 13.8. The van der Waals surface area contributed by atoms with Gasteiger partial charge in [-0.3, -0.25) is 4.72 Å². The van der Waals surface area contributed by atoms with E-state index >= 15 is 0 Å². The van der Waals surface area contributed by atoms with E-state index in [-0.39, 0.29) is 21.9 Å². The summed E-state index contributed by atoms with van der Waals surface area (Å²) in [6.07, 6.45) is 0. The average molecular weight is 404 g/mol. The molecule has 0 bridgehead atoms. The Morgan fingerprint density at radius 1 is 0.963 bits per heavy atom. The predicted molar refractivity (Wildman–Crippen MR) is 102 cm³/mol. The SMILES string of the molecule is O=C(O)c1ccc(S(=O)(=O)Nc2cc(Cl)ccc2Oc2ccccc2)cc1. The Morgan fingerprint density at radius 2 is 1.63 bits per heavy atom. The number of carboxylic acids is 1. The van der Waals surface area contributed by atoms with Gasteiger partial charge in [0.25, 0.3) is 10.0 Å². The molecule has 138 valence electrons. The second kappa shape index (κ2) is 7.69. The summed E-state index contributed by atoms with van der Waals surface area (Å²) in [6.45, 7) is 0. The second-order valence-corrected chi connectivity index (χ2v) is 7.61. The van der Waals surface area contributed by atoms with Crippen molar-refractivity contribution in [3.8, 4) is 11.5 Å². The quantitative estimate of drug-likeness (QED) is 0.625. The average Bonchev–Trinajstić information content (AvgIpc) is 2.64. The van der Waals surface area contributed by atoms with Crippen molar-refractivity contribution in [1.29, 1.82) is 0 Å². The van der Waals surface area contributed by atoms with E-state index in [1.165, 1.54) is 30.3 Å². The molecule has 0 amide bonds. The minimum atomic E-state index is -3.97. The Kier molecular flexibility index (Phi) is 5.34. The normalized spacial score (nSPS) is 11.0. The van der Waals surface area contributed by atoms with Crippen LogP contribution in [0, 0.1) is 0 Å². The van der Waals surface area contributed by atoms with E-state index in [0.717, 1.165) is 0 Å². The van der Waals surface area contributed by atoms with Gasteiger partial charge in [-0.2, -0.15) is 0 Å². The van der Waals surface area contributed by atoms with Gasteiger partial charge in [0.15, 0.2) is 5.75 Å². The van der Waals surface area contributed by atoms with Gasteiger partial charge < -0.3 is 9.84 Å². The van der Waals surface area contributed by atoms with Crippen LogP contribution in [0.25, 0.3) is 0 Å². The maximum Gasteiger partial charge on any atom is 0.335 e. The standard InChI is InChI=1S/C19H14ClNO5S/c20-14-8-11-18(26-15-4-2-1-3-5-15)17(12-14)21-27(24,25)16-9-6-13(7-10-16)19(22)23/h1-12,21H,(H,22,23). The molecule has 0 radical (unpaired) electrons. The number of carbonyl (C=O) groups is 1. The third kappa shape index (κ3) is 4.58. The highest BCUT2D eigenvalue weighted by molar-refractivity contribution is 7.92. The van der Waals surface area contributed by atoms with Crippen molar-refractivity contribution < 1.29 is 23.1 Å². The number of rotatable bonds is 6. The first kappa shape index (κ1) is 18.8. The van der Waals surface area contributed by atoms with E-state index in [2.05, 4.69) is 4.72 Å². The van der Waals surface area contributed by atoms with Gasteiger partial charge in [-0.1, -0.05) is 29.8 Å². The lowest BCUT2D eigenvalue weighted by molar-refractivity contribution is 0.0696. The number of sulfonamides is 1. The maximum absolute atomic E-state index is 12.6. The Hall–Kier alpha value is -3.03. The van der Waals surface area contributed by atoms with Crippen molar-refractivity contribution in [2.24, 2.45) is 0 Å². The van der Waals surface area contributed by atoms with Gasteiger partial charge in [-0.25, -0.2) is 13.2 Å². The molecule has 3 aromatic carbocycles. The highest BCUT2D eigenvalue weighted by Gasteiger charge is 2.18. The maximum atomic E-state index is 12.6. The van der Waals surface area contributed by atoms with Crippen LogP contribution in [0.5, 0.6) is 11.5 Å². The predicted octanol–water partition coefficient (Wildman–Crippen LogP) is 4.63. The summed E-state index contributed by atoms with van der Waals surface area (Å²) in [5.74, 6) is -0.331. The van der Waals surface area contributed by atoms with Crippen molar-refractivity contribution in [1.82, 2.24) is 0 Å². The van der Waals surface area contributed by atoms with Gasteiger partial charge in [-0.05, 0) is 54.6 Å². The molecular formula is C19H14ClNO5S. The Balaban J connectivity index is 1.91. The highest BCUT2D eigenvalue weighted by atomic mass is 35.5. The monoisotopic (exact) mass is 403 g/mol. The Bertz CT molecular complexity index is 1070. The van der Waals surface area contributed by atoms with Crippen LogP contribution >= 0.6 is 11.6 Å². The van der Waals surface area contributed by atoms with Crippen molar-refractivity contribution >= 4 is 33.3 Å². The topological polar surface area (TPSA) is 92.7 Å². The molecule has 3 rings (SSSR count). The van der Waals surface area contributed by atoms with E-state index in [0.29, 0.717) is 10.8 Å². The zero-order valence-corrected chi connectivity index (χ0v) is 15.4. The molecule has 0 saturated heterocycles. The van der Waals surface area contributed by atoms with Gasteiger partial charge >= 0.3 is 5.97 Å². The number of benzene rings is 3. The van der Waals surface area contributed by atoms with E-state index in [1.807, 2.05) is 6.07 Å². The van der Waals surface area contributed by atoms with Gasteiger partial charge in [0.05, 0.1) is 16.1 Å². The first-order chi connectivity index (χ1) is 12.8. The molecular weight excluding hydrogens is 390 g/mol. The number of carboxylic acid groups (broad SMARTS) is 1. The van der Waals surface area contributed by atoms with Crippen LogP contribution in [-0.4, -0.2) is 19.5 Å². The van der Waals surface area contributed by atoms with E-state index in [4.69, 9.17) is 21.4 Å². The first-order valence-electron chi connectivity index (χ1n) is 7.74. The van der Waals surface area contributed by atoms with E-state index in [1.54, 1.807) is 36.4 Å². The zero-order chi connectivity index (χ0) is 19.4. The summed E-state index contributed by atoms with van der Waals surface area (Å²) in [6, 6.07) is 18.3. The lowest BCUT2D eigenvalue weighted by Crippen LogP contribution is -2.14. The van der Waals surface area contributed by atoms with Gasteiger partial charge in [0, 0.05) is 5.02 Å². The number of anilines is 1. The molecule has 0 aliphatic heterocycles. The van der Waals surface area contributed by atoms with Crippen LogP contribution in [-0.2, 0) is 10.0 Å². The molecule has 0 heterocycles. The van der Waals surface area contributed by atoms with Crippen LogP contribution < -0.4 is 9.46 Å². The number of nitrogens with one attached hydrogen (secondary N) is 1. The van der Waals surface area contributed by atoms with Crippen molar-refractivity contribution in [3.63, 3.8) is 0 Å². The molecule has 0 spiro atoms. The molecule has 0 aromatic heterocycles. The summed E-state index contributed by atoms with van der Waals surface area (Å²) in [7, 11) is -3.97. The van der Waals surface area contributed by atoms with Crippen LogP contribution in [0.2, 0.25) is 5.02 Å². The lowest BCUT2D eigenvalue weighted by atomic mass is 10.2. The fraction of sp³-hybridized carbons (Fsp3) is 0. The van der Waals surface area contributed by atoms with Crippen LogP contribution in [0.1, 0.15) is 10.4 Å². The Morgan fingerprint density at radius 3 is 2.26 bits per heavy atom. The Labute approximate surface area is 161 Å². The van der Waals surface area contributed by atoms with Crippen molar-refractivity contribution in [3.05, 3.63) is 83.4 Å². The van der Waals surface area contributed by atoms with Crippen molar-refractivity contribution in [2.45, 2.75) is 4.90 Å². The molecule has 6 nitrogen and oxygen atoms in total. The lowest BCUT2D eigenvalue weighted by Gasteiger charge is -2.14. The van der Waals surface area contributed by atoms with E-state index < -0.39 is 16.0 Å². The number of aromatic carboxylic acids is 1. The number of para-hydroxylation sites is 1. The second-order valence-electron chi connectivity index (χ2n) is 5.49. The summed E-state index contributed by atoms with van der Waals surface area (Å²) in [5.41, 5.74) is 0.151. The van der Waals surface area contributed by atoms with Crippen LogP contribution in [0.4, 0.5) is 5.69 Å². The van der Waals surface area contributed by atoms with Crippen LogP contribution in [0.3, 0.4) is 0 Å². The van der Waals surface area contributed by atoms with E-state index in [9.17, 15) is 13.2 Å². The van der Waals surface area contributed by atoms with Gasteiger partial charge in [0.1, 0.15) is 5.75 Å². The first-order valence-corrected chi connectivity index (χ1v) is 9.60. The fourth-order valence-electron chi connectivity index (χ4n) is 2.27. The molecule has 0 aliphatic carbocycles. The number of hydrogen-bond donors (Lipinski definition) is 2. The highest BCUT2D eigenvalue weighted by Crippen LogP contribution is 2.33. The summed E-state index contributed by atoms with van der Waals surface area (Å²) in [5, 5.41) is 9.25. The number of hydrogen-bond acceptors (Lipinski definition) is 4. The molecule has 27 heavy (non-hydrogen) atoms. The molecule has 3 aromatic rings. The largest absolute Gasteiger partial charge is 0.478 e. The summed E-state index contributed by atoms with van der Waals surface area (Å²) >= 11 is 5.99. The fourth-order valence-corrected chi connectivity index (χ4v) is 3.50. The van der Waals surface area contributed by atoms with Crippen molar-refractivity contribution in [2.75, 3.05) is 4.72 Å². The molecule has 8 heteroatoms. The third-order valence-electron chi connectivity index (χ3n) is 3.57. The molecule has 0 atom stereocenters. The van der Waals surface area contributed by atoms with Crippen LogP contribution in [0.15, 0.2) is 77.7 Å². The molecule has 0 saturated carbocycles. The third-order valence-corrected chi connectivity index (χ3v) is 5.19. The summed E-state index contributed by atoms with van der Waals surface area (Å²) in [4.78, 5) is 10.8. The molecule has 0 fully saturated rings. The molecule has 0 aliphatic rings. The summed E-state index contributed by atoms with van der Waals surface area (Å²) < 4.78 is 33.4. The molecule has 2 N–H and O–H groups in total. The number of ether oxygens (including phenoxy) is 1.